The molecule has 0 spiro atoms. The van der Waals surface area contributed by atoms with Gasteiger partial charge in [-0.3, -0.25) is 9.69 Å². The van der Waals surface area contributed by atoms with Crippen LogP contribution in [-0.2, 0) is 17.7 Å². The summed E-state index contributed by atoms with van der Waals surface area (Å²) < 4.78 is 6.73. The van der Waals surface area contributed by atoms with Gasteiger partial charge in [-0.2, -0.15) is 0 Å². The molecule has 5 heterocycles. The molecular weight excluding hydrogens is 571 g/mol. The molecule has 0 aliphatic carbocycles. The Labute approximate surface area is 253 Å². The predicted molar refractivity (Wildman–Crippen MR) is 170 cm³/mol. The van der Waals surface area contributed by atoms with Crippen LogP contribution in [0.5, 0.6) is 0 Å². The van der Waals surface area contributed by atoms with E-state index in [-0.39, 0.29) is 11.7 Å². The first kappa shape index (κ1) is 28.8. The van der Waals surface area contributed by atoms with Crippen molar-refractivity contribution in [3.63, 3.8) is 0 Å². The Hall–Kier alpha value is -3.35. The van der Waals surface area contributed by atoms with Gasteiger partial charge < -0.3 is 20.4 Å². The maximum atomic E-state index is 13.3. The number of hydrogen-bond acceptors (Lipinski definition) is 10. The molecule has 0 unspecified atom stereocenters. The van der Waals surface area contributed by atoms with Crippen LogP contribution in [0.2, 0.25) is 0 Å². The summed E-state index contributed by atoms with van der Waals surface area (Å²) >= 11 is 3.00. The number of nitrogen functional groups attached to an aromatic ring is 1. The third-order valence-electron chi connectivity index (χ3n) is 7.66. The van der Waals surface area contributed by atoms with E-state index in [0.29, 0.717) is 34.9 Å². The van der Waals surface area contributed by atoms with Gasteiger partial charge in [0, 0.05) is 48.7 Å². The highest BCUT2D eigenvalue weighted by Gasteiger charge is 2.30. The zero-order chi connectivity index (χ0) is 29.4. The Bertz CT molecular complexity index is 1670. The van der Waals surface area contributed by atoms with Gasteiger partial charge in [0.1, 0.15) is 16.2 Å². The lowest BCUT2D eigenvalue weighted by Crippen LogP contribution is -2.47. The molecular formula is C30H37N7O3S2. The average molecular weight is 608 g/mol. The number of ether oxygens (including phenoxy) is 1. The highest BCUT2D eigenvalue weighted by atomic mass is 32.2. The second-order valence-electron chi connectivity index (χ2n) is 11.8. The van der Waals surface area contributed by atoms with Crippen LogP contribution in [0.25, 0.3) is 21.1 Å². The van der Waals surface area contributed by atoms with Crippen molar-refractivity contribution in [1.29, 1.82) is 0 Å². The summed E-state index contributed by atoms with van der Waals surface area (Å²) in [4.78, 5) is 43.7. The van der Waals surface area contributed by atoms with Crippen molar-refractivity contribution in [2.24, 2.45) is 0 Å². The Morgan fingerprint density at radius 1 is 1.07 bits per heavy atom. The first-order valence-electron chi connectivity index (χ1n) is 14.4. The molecule has 0 atom stereocenters. The first-order valence-corrected chi connectivity index (χ1v) is 16.2. The fraction of sp³-hybridized carbons (Fsp3) is 0.467. The molecule has 42 heavy (non-hydrogen) atoms. The Morgan fingerprint density at radius 2 is 1.86 bits per heavy atom. The van der Waals surface area contributed by atoms with E-state index in [1.807, 2.05) is 32.9 Å². The number of hydrogen-bond donors (Lipinski definition) is 1. The minimum absolute atomic E-state index is 0.218. The fourth-order valence-electron chi connectivity index (χ4n) is 5.50. The summed E-state index contributed by atoms with van der Waals surface area (Å²) in [7, 11) is 0. The maximum absolute atomic E-state index is 13.3. The molecule has 2 aliphatic heterocycles. The van der Waals surface area contributed by atoms with Crippen molar-refractivity contribution >= 4 is 56.1 Å². The molecule has 0 radical (unpaired) electrons. The number of pyridine rings is 1. The summed E-state index contributed by atoms with van der Waals surface area (Å²) in [5, 5.41) is 2.28. The highest BCUT2D eigenvalue weighted by Crippen LogP contribution is 2.34. The zero-order valence-electron chi connectivity index (χ0n) is 24.3. The minimum atomic E-state index is -0.553. The van der Waals surface area contributed by atoms with E-state index in [4.69, 9.17) is 20.5 Å². The van der Waals surface area contributed by atoms with E-state index >= 15 is 0 Å². The molecule has 10 nitrogen and oxygen atoms in total. The van der Waals surface area contributed by atoms with Gasteiger partial charge in [0.05, 0.1) is 17.4 Å². The Morgan fingerprint density at radius 3 is 2.64 bits per heavy atom. The normalized spacial score (nSPS) is 16.3. The number of aromatic nitrogens is 3. The van der Waals surface area contributed by atoms with Gasteiger partial charge in [-0.05, 0) is 63.9 Å². The summed E-state index contributed by atoms with van der Waals surface area (Å²) in [5.74, 6) is 8.09. The van der Waals surface area contributed by atoms with Crippen LogP contribution in [0.1, 0.15) is 37.6 Å². The number of carbonyl (C=O) groups is 1. The number of nitrogens with two attached hydrogens (primary N) is 1. The van der Waals surface area contributed by atoms with Gasteiger partial charge in [-0.1, -0.05) is 30.0 Å². The lowest BCUT2D eigenvalue weighted by molar-refractivity contribution is 0.0227. The number of piperazine rings is 1. The second kappa shape index (κ2) is 11.7. The van der Waals surface area contributed by atoms with Crippen LogP contribution < -0.4 is 16.3 Å². The molecule has 1 saturated heterocycles. The van der Waals surface area contributed by atoms with Crippen molar-refractivity contribution < 1.29 is 9.53 Å². The smallest absolute Gasteiger partial charge is 0.410 e. The zero-order valence-corrected chi connectivity index (χ0v) is 26.0. The average Bonchev–Trinajstić information content (AvgIpc) is 3.34. The fourth-order valence-corrected chi connectivity index (χ4v) is 7.62. The van der Waals surface area contributed by atoms with Crippen LogP contribution in [-0.4, -0.2) is 81.2 Å². The first-order chi connectivity index (χ1) is 20.2. The lowest BCUT2D eigenvalue weighted by atomic mass is 10.1. The summed E-state index contributed by atoms with van der Waals surface area (Å²) in [5.41, 5.74) is 1.22. The summed E-state index contributed by atoms with van der Waals surface area (Å²) in [6, 6.07) is 12.5. The number of thioether (sulfide) groups is 1. The number of carbonyl (C=O) groups excluding carboxylic acids is 1. The number of para-hydroxylation sites is 1. The van der Waals surface area contributed by atoms with Gasteiger partial charge in [-0.15, -0.1) is 11.3 Å². The van der Waals surface area contributed by atoms with Crippen molar-refractivity contribution in [3.8, 4) is 0 Å². The lowest BCUT2D eigenvalue weighted by Gasteiger charge is -2.35. The second-order valence-corrected chi connectivity index (χ2v) is 13.9. The van der Waals surface area contributed by atoms with Gasteiger partial charge in [-0.25, -0.2) is 19.4 Å². The van der Waals surface area contributed by atoms with Crippen molar-refractivity contribution in [2.75, 3.05) is 55.8 Å². The number of nitrogens with zero attached hydrogens (tertiary/aromatic N) is 6. The van der Waals surface area contributed by atoms with E-state index < -0.39 is 5.60 Å². The number of rotatable bonds is 6. The maximum Gasteiger partial charge on any atom is 0.410 e. The Balaban J connectivity index is 1.03. The molecule has 3 aromatic heterocycles. The van der Waals surface area contributed by atoms with Gasteiger partial charge in [0.25, 0.3) is 5.56 Å². The number of benzene rings is 1. The summed E-state index contributed by atoms with van der Waals surface area (Å²) in [6.07, 6.45) is 1.22. The van der Waals surface area contributed by atoms with Crippen LogP contribution in [0.3, 0.4) is 0 Å². The van der Waals surface area contributed by atoms with Crippen molar-refractivity contribution in [2.45, 2.75) is 50.9 Å². The Kier molecular flexibility index (Phi) is 8.03. The van der Waals surface area contributed by atoms with Crippen LogP contribution in [0.15, 0.2) is 46.3 Å². The largest absolute Gasteiger partial charge is 0.444 e. The van der Waals surface area contributed by atoms with E-state index in [1.54, 1.807) is 4.90 Å². The predicted octanol–water partition coefficient (Wildman–Crippen LogP) is 4.32. The monoisotopic (exact) mass is 607 g/mol. The molecule has 1 amide bonds. The number of anilines is 1. The van der Waals surface area contributed by atoms with Crippen LogP contribution in [0, 0.1) is 0 Å². The van der Waals surface area contributed by atoms with E-state index in [2.05, 4.69) is 34.1 Å². The SMILES string of the molecule is CC(C)(C)OC(=O)N1CCc2c(sc3nc(SCCCN4CCN(c5ccc6ccccc6n5)CC4)n(N)c(=O)c23)C1. The van der Waals surface area contributed by atoms with E-state index in [9.17, 15) is 9.59 Å². The van der Waals surface area contributed by atoms with Crippen LogP contribution in [0.4, 0.5) is 10.6 Å². The molecule has 4 aromatic rings. The summed E-state index contributed by atoms with van der Waals surface area (Å²) in [6.45, 7) is 11.4. The van der Waals surface area contributed by atoms with Gasteiger partial charge in [0.2, 0.25) is 0 Å². The minimum Gasteiger partial charge on any atom is -0.444 e. The quantitative estimate of drug-likeness (QED) is 0.148. The molecule has 1 aromatic carbocycles. The third-order valence-corrected chi connectivity index (χ3v) is 9.81. The molecule has 0 bridgehead atoms. The number of amides is 1. The molecule has 12 heteroatoms. The van der Waals surface area contributed by atoms with E-state index in [0.717, 1.165) is 72.1 Å². The topological polar surface area (TPSA) is 110 Å². The van der Waals surface area contributed by atoms with E-state index in [1.165, 1.54) is 27.8 Å². The molecule has 6 rings (SSSR count). The molecule has 1 fully saturated rings. The number of thiophene rings is 1. The molecule has 0 saturated carbocycles. The number of fused-ring (bicyclic) bond motifs is 4. The van der Waals surface area contributed by atoms with Crippen LogP contribution >= 0.6 is 23.1 Å². The van der Waals surface area contributed by atoms with Crippen molar-refractivity contribution in [1.82, 2.24) is 24.4 Å². The van der Waals surface area contributed by atoms with Gasteiger partial charge >= 0.3 is 6.09 Å². The molecule has 2 N–H and O–H groups in total. The molecule has 2 aliphatic rings. The standard InChI is InChI=1S/C30H37N7O3S2/c1-30(2,3)40-29(39)36-13-11-21-23(19-36)42-26-25(21)27(38)37(31)28(33-26)41-18-6-12-34-14-16-35(17-15-34)24-10-9-20-7-4-5-8-22(20)32-24/h4-5,7-10H,6,11-19,31H2,1-3H3. The van der Waals surface area contributed by atoms with Gasteiger partial charge in [0.15, 0.2) is 5.16 Å². The molecule has 222 valence electrons. The van der Waals surface area contributed by atoms with Crippen molar-refractivity contribution in [3.05, 3.63) is 57.2 Å². The highest BCUT2D eigenvalue weighted by molar-refractivity contribution is 7.99. The third kappa shape index (κ3) is 6.06.